The zero-order valence-electron chi connectivity index (χ0n) is 36.3. The number of amides is 2. The fraction of sp³-hybridized carbons (Fsp3) is 0.302. The molecule has 334 valence electrons. The number of rotatable bonds is 11. The molecule has 0 bridgehead atoms. The molecule has 0 aliphatic carbocycles. The van der Waals surface area contributed by atoms with E-state index in [1.165, 1.54) is 89.6 Å². The van der Waals surface area contributed by atoms with Gasteiger partial charge in [-0.15, -0.1) is 0 Å². The lowest BCUT2D eigenvalue weighted by atomic mass is 10.2. The first-order valence-electron chi connectivity index (χ1n) is 19.3. The van der Waals surface area contributed by atoms with Gasteiger partial charge < -0.3 is 24.0 Å². The number of carbonyl (C=O) groups excluding carboxylic acids is 2. The Kier molecular flexibility index (Phi) is 14.4. The molecule has 6 rings (SSSR count). The summed E-state index contributed by atoms with van der Waals surface area (Å²) < 4.78 is 86.0. The molecule has 0 unspecified atom stereocenters. The summed E-state index contributed by atoms with van der Waals surface area (Å²) in [5, 5.41) is 8.42. The molecule has 0 saturated heterocycles. The molecular weight excluding hydrogens is 856 g/mol. The highest BCUT2D eigenvalue weighted by Gasteiger charge is 2.30. The Balaban J connectivity index is 0.000000238. The Labute approximate surface area is 365 Å². The normalized spacial score (nSPS) is 11.8. The van der Waals surface area contributed by atoms with Gasteiger partial charge in [-0.25, -0.2) is 45.8 Å². The first-order valence-corrected chi connectivity index (χ1v) is 22.2. The van der Waals surface area contributed by atoms with E-state index in [9.17, 15) is 30.8 Å². The third-order valence-corrected chi connectivity index (χ3v) is 11.9. The van der Waals surface area contributed by atoms with Crippen molar-refractivity contribution in [2.45, 2.75) is 85.7 Å². The molecule has 0 aliphatic rings. The zero-order valence-corrected chi connectivity index (χ0v) is 37.9. The molecule has 2 amide bonds. The molecule has 20 heteroatoms. The number of hydrogen-bond donors (Lipinski definition) is 0. The quantitative estimate of drug-likeness (QED) is 0.120. The summed E-state index contributed by atoms with van der Waals surface area (Å²) in [4.78, 5) is 35.1. The standard InChI is InChI=1S/C22H26N4O5S.C21H23FN4O4S/c1-22(2,3)31-21(27)25(4)15-16-14-19(32(28,29)17-10-7-6-8-11-17)26(24-16)18-12-9-13-23-20(18)30-5;1-21(2,3)30-20(27)25(4)14-15-13-18(31(28,29)16-9-6-5-7-10-16)26(24-15)17-11-8-12-23-19(17)22/h6-14H,15H2,1-5H3;5-13H,14H2,1-4H3. The van der Waals surface area contributed by atoms with E-state index < -0.39 is 49.0 Å². The van der Waals surface area contributed by atoms with Crippen LogP contribution in [0, 0.1) is 5.95 Å². The van der Waals surface area contributed by atoms with Crippen molar-refractivity contribution in [3.05, 3.63) is 127 Å². The van der Waals surface area contributed by atoms with Gasteiger partial charge in [0.1, 0.15) is 22.6 Å². The third kappa shape index (κ3) is 11.8. The van der Waals surface area contributed by atoms with E-state index >= 15 is 0 Å². The number of nitrogens with zero attached hydrogens (tertiary/aromatic N) is 8. The van der Waals surface area contributed by atoms with Gasteiger partial charge in [0.15, 0.2) is 10.1 Å². The summed E-state index contributed by atoms with van der Waals surface area (Å²) in [5.41, 5.74) is -0.509. The number of pyridine rings is 2. The fourth-order valence-corrected chi connectivity index (χ4v) is 8.50. The highest BCUT2D eigenvalue weighted by molar-refractivity contribution is 7.91. The monoisotopic (exact) mass is 904 g/mol. The van der Waals surface area contributed by atoms with Crippen molar-refractivity contribution < 1.29 is 45.0 Å². The first-order chi connectivity index (χ1) is 29.5. The smallest absolute Gasteiger partial charge is 0.410 e. The van der Waals surface area contributed by atoms with Crippen LogP contribution in [0.25, 0.3) is 11.4 Å². The maximum atomic E-state index is 14.4. The Morgan fingerprint density at radius 3 is 1.41 bits per heavy atom. The van der Waals surface area contributed by atoms with E-state index in [2.05, 4.69) is 20.2 Å². The maximum Gasteiger partial charge on any atom is 0.410 e. The minimum Gasteiger partial charge on any atom is -0.479 e. The molecule has 0 atom stereocenters. The topological polar surface area (TPSA) is 198 Å². The molecule has 0 radical (unpaired) electrons. The summed E-state index contributed by atoms with van der Waals surface area (Å²) in [7, 11) is -3.45. The van der Waals surface area contributed by atoms with E-state index in [4.69, 9.17) is 14.2 Å². The lowest BCUT2D eigenvalue weighted by Gasteiger charge is -2.24. The number of sulfone groups is 2. The Morgan fingerprint density at radius 2 is 1.02 bits per heavy atom. The van der Waals surface area contributed by atoms with Crippen LogP contribution in [-0.2, 0) is 42.2 Å². The van der Waals surface area contributed by atoms with E-state index in [1.54, 1.807) is 97.1 Å². The van der Waals surface area contributed by atoms with Crippen LogP contribution in [0.15, 0.2) is 129 Å². The lowest BCUT2D eigenvalue weighted by Crippen LogP contribution is -2.33. The van der Waals surface area contributed by atoms with Crippen LogP contribution in [0.2, 0.25) is 0 Å². The largest absolute Gasteiger partial charge is 0.479 e. The second kappa shape index (κ2) is 19.2. The molecule has 63 heavy (non-hydrogen) atoms. The number of halogens is 1. The molecule has 2 aromatic carbocycles. The van der Waals surface area contributed by atoms with Gasteiger partial charge in [0.05, 0.1) is 41.4 Å². The number of ether oxygens (including phenoxy) is 3. The number of aromatic nitrogens is 6. The molecule has 4 aromatic heterocycles. The van der Waals surface area contributed by atoms with Crippen LogP contribution in [0.5, 0.6) is 5.88 Å². The average molecular weight is 905 g/mol. The molecule has 4 heterocycles. The second-order valence-corrected chi connectivity index (χ2v) is 19.7. The Morgan fingerprint density at radius 1 is 0.619 bits per heavy atom. The van der Waals surface area contributed by atoms with Crippen molar-refractivity contribution in [2.24, 2.45) is 0 Å². The van der Waals surface area contributed by atoms with Crippen LogP contribution in [0.3, 0.4) is 0 Å². The van der Waals surface area contributed by atoms with Crippen molar-refractivity contribution in [2.75, 3.05) is 21.2 Å². The predicted molar refractivity (Wildman–Crippen MR) is 228 cm³/mol. The van der Waals surface area contributed by atoms with Crippen LogP contribution in [0.4, 0.5) is 14.0 Å². The summed E-state index contributed by atoms with van der Waals surface area (Å²) in [6.45, 7) is 10.5. The molecular formula is C43H49FN8O9S2. The second-order valence-electron chi connectivity index (χ2n) is 15.9. The maximum absolute atomic E-state index is 14.4. The van der Waals surface area contributed by atoms with Gasteiger partial charge in [0.25, 0.3) is 0 Å². The van der Waals surface area contributed by atoms with Gasteiger partial charge in [0, 0.05) is 38.6 Å². The van der Waals surface area contributed by atoms with Crippen LogP contribution in [0.1, 0.15) is 52.9 Å². The van der Waals surface area contributed by atoms with Crippen LogP contribution in [-0.4, -0.2) is 101 Å². The van der Waals surface area contributed by atoms with Crippen molar-refractivity contribution in [1.29, 1.82) is 0 Å². The highest BCUT2D eigenvalue weighted by atomic mass is 32.2. The molecule has 0 aliphatic heterocycles. The summed E-state index contributed by atoms with van der Waals surface area (Å²) >= 11 is 0. The molecule has 0 spiro atoms. The summed E-state index contributed by atoms with van der Waals surface area (Å²) in [5.74, 6) is -0.658. The van der Waals surface area contributed by atoms with Crippen LogP contribution < -0.4 is 4.74 Å². The van der Waals surface area contributed by atoms with Gasteiger partial charge in [-0.3, -0.25) is 0 Å². The van der Waals surface area contributed by atoms with Gasteiger partial charge in [-0.2, -0.15) is 14.6 Å². The van der Waals surface area contributed by atoms with Crippen LogP contribution >= 0.6 is 0 Å². The average Bonchev–Trinajstić information content (AvgIpc) is 3.86. The summed E-state index contributed by atoms with van der Waals surface area (Å²) in [6, 6.07) is 24.7. The predicted octanol–water partition coefficient (Wildman–Crippen LogP) is 7.08. The van der Waals surface area contributed by atoms with E-state index in [0.29, 0.717) is 11.4 Å². The highest BCUT2D eigenvalue weighted by Crippen LogP contribution is 2.29. The van der Waals surface area contributed by atoms with Crippen molar-refractivity contribution in [1.82, 2.24) is 39.3 Å². The fourth-order valence-electron chi connectivity index (χ4n) is 5.67. The van der Waals surface area contributed by atoms with Crippen molar-refractivity contribution >= 4 is 31.9 Å². The molecule has 17 nitrogen and oxygen atoms in total. The number of hydrogen-bond acceptors (Lipinski definition) is 13. The minimum absolute atomic E-state index is 0.0347. The Bertz CT molecular complexity index is 2770. The zero-order chi connectivity index (χ0) is 46.3. The lowest BCUT2D eigenvalue weighted by molar-refractivity contribution is 0.0273. The van der Waals surface area contributed by atoms with E-state index in [0.717, 1.165) is 4.68 Å². The Hall–Kier alpha value is -6.67. The van der Waals surface area contributed by atoms with Gasteiger partial charge in [-0.1, -0.05) is 36.4 Å². The minimum atomic E-state index is -4.03. The number of methoxy groups -OCH3 is 1. The number of carbonyl (C=O) groups is 2. The van der Waals surface area contributed by atoms with Gasteiger partial charge in [0.2, 0.25) is 31.5 Å². The molecule has 6 aromatic rings. The van der Waals surface area contributed by atoms with Crippen molar-refractivity contribution in [3.63, 3.8) is 0 Å². The summed E-state index contributed by atoms with van der Waals surface area (Å²) in [6.07, 6.45) is 1.65. The SMILES string of the molecule is CN(Cc1cc(S(=O)(=O)c2ccccc2)n(-c2cccnc2F)n1)C(=O)OC(C)(C)C.COc1ncccc1-n1nc(CN(C)C(=O)OC(C)(C)C)cc1S(=O)(=O)c1ccccc1. The van der Waals surface area contributed by atoms with E-state index in [1.807, 2.05) is 0 Å². The first kappa shape index (κ1) is 47.4. The van der Waals surface area contributed by atoms with Gasteiger partial charge >= 0.3 is 12.2 Å². The van der Waals surface area contributed by atoms with Crippen molar-refractivity contribution in [3.8, 4) is 17.3 Å². The van der Waals surface area contributed by atoms with E-state index in [-0.39, 0.29) is 50.2 Å². The van der Waals surface area contributed by atoms with Gasteiger partial charge in [-0.05, 0) is 90.1 Å². The number of benzene rings is 2. The molecule has 0 fully saturated rings. The molecule has 0 saturated carbocycles. The molecule has 0 N–H and O–H groups in total. The third-order valence-electron chi connectivity index (χ3n) is 8.46.